The van der Waals surface area contributed by atoms with Crippen molar-refractivity contribution in [2.75, 3.05) is 0 Å². The summed E-state index contributed by atoms with van der Waals surface area (Å²) >= 11 is 1.58. The van der Waals surface area contributed by atoms with E-state index < -0.39 is 0 Å². The standard InChI is InChI=1S/C11H15NOS/c13-10(5-9-3-1-2-4-9)6-11-7-12-8-14-11/h7-9H,1-6H2. The van der Waals surface area contributed by atoms with Crippen molar-refractivity contribution in [3.63, 3.8) is 0 Å². The summed E-state index contributed by atoms with van der Waals surface area (Å²) in [5.74, 6) is 1.07. The minimum atomic E-state index is 0.390. The van der Waals surface area contributed by atoms with Crippen molar-refractivity contribution in [3.8, 4) is 0 Å². The largest absolute Gasteiger partial charge is 0.299 e. The quantitative estimate of drug-likeness (QED) is 0.763. The average Bonchev–Trinajstić information content (AvgIpc) is 2.76. The predicted octanol–water partition coefficient (Wildman–Crippen LogP) is 2.84. The summed E-state index contributed by atoms with van der Waals surface area (Å²) in [5.41, 5.74) is 1.79. The molecule has 0 N–H and O–H groups in total. The summed E-state index contributed by atoms with van der Waals surface area (Å²) in [6.07, 6.45) is 8.34. The first-order valence-corrected chi connectivity index (χ1v) is 6.11. The molecule has 3 heteroatoms. The Morgan fingerprint density at radius 1 is 1.50 bits per heavy atom. The van der Waals surface area contributed by atoms with E-state index in [-0.39, 0.29) is 0 Å². The molecule has 1 aromatic rings. The van der Waals surface area contributed by atoms with E-state index in [1.807, 2.05) is 0 Å². The molecule has 0 atom stereocenters. The second-order valence-corrected chi connectivity index (χ2v) is 5.01. The second kappa shape index (κ2) is 4.69. The highest BCUT2D eigenvalue weighted by atomic mass is 32.1. The highest BCUT2D eigenvalue weighted by Gasteiger charge is 2.18. The number of hydrogen-bond donors (Lipinski definition) is 0. The third-order valence-electron chi connectivity index (χ3n) is 2.85. The number of nitrogens with zero attached hydrogens (tertiary/aromatic N) is 1. The average molecular weight is 209 g/mol. The number of ketones is 1. The van der Waals surface area contributed by atoms with E-state index in [0.29, 0.717) is 18.1 Å². The van der Waals surface area contributed by atoms with E-state index in [1.54, 1.807) is 23.0 Å². The maximum Gasteiger partial charge on any atom is 0.138 e. The molecule has 1 fully saturated rings. The molecule has 14 heavy (non-hydrogen) atoms. The molecule has 0 aliphatic heterocycles. The van der Waals surface area contributed by atoms with Crippen LogP contribution in [0.2, 0.25) is 0 Å². The number of Topliss-reactive ketones (excluding diaryl/α,β-unsaturated/α-hetero) is 1. The smallest absolute Gasteiger partial charge is 0.138 e. The van der Waals surface area contributed by atoms with Crippen molar-refractivity contribution in [3.05, 3.63) is 16.6 Å². The molecule has 1 aliphatic rings. The van der Waals surface area contributed by atoms with Gasteiger partial charge in [-0.3, -0.25) is 9.78 Å². The van der Waals surface area contributed by atoms with Gasteiger partial charge in [0, 0.05) is 23.9 Å². The first kappa shape index (κ1) is 9.84. The van der Waals surface area contributed by atoms with Crippen LogP contribution in [-0.4, -0.2) is 10.8 Å². The van der Waals surface area contributed by atoms with Crippen molar-refractivity contribution < 1.29 is 4.79 Å². The number of carbonyl (C=O) groups is 1. The van der Waals surface area contributed by atoms with Crippen molar-refractivity contribution in [2.24, 2.45) is 5.92 Å². The molecule has 0 amide bonds. The van der Waals surface area contributed by atoms with E-state index in [0.717, 1.165) is 11.3 Å². The second-order valence-electron chi connectivity index (χ2n) is 4.04. The maximum absolute atomic E-state index is 11.6. The lowest BCUT2D eigenvalue weighted by Crippen LogP contribution is -2.07. The molecule has 0 spiro atoms. The van der Waals surface area contributed by atoms with Gasteiger partial charge in [0.1, 0.15) is 5.78 Å². The first-order chi connectivity index (χ1) is 6.84. The molecule has 1 saturated carbocycles. The van der Waals surface area contributed by atoms with E-state index in [1.165, 1.54) is 25.7 Å². The molecule has 0 aromatic carbocycles. The Hall–Kier alpha value is -0.700. The predicted molar refractivity (Wildman–Crippen MR) is 57.4 cm³/mol. The molecular weight excluding hydrogens is 194 g/mol. The lowest BCUT2D eigenvalue weighted by atomic mass is 9.99. The zero-order valence-corrected chi connectivity index (χ0v) is 9.05. The molecule has 0 saturated heterocycles. The summed E-state index contributed by atoms with van der Waals surface area (Å²) in [6.45, 7) is 0. The lowest BCUT2D eigenvalue weighted by Gasteiger charge is -2.06. The third-order valence-corrected chi connectivity index (χ3v) is 3.63. The Morgan fingerprint density at radius 2 is 2.29 bits per heavy atom. The number of rotatable bonds is 4. The molecular formula is C11H15NOS. The summed E-state index contributed by atoms with van der Waals surface area (Å²) in [4.78, 5) is 16.7. The van der Waals surface area contributed by atoms with Gasteiger partial charge in [0.25, 0.3) is 0 Å². The van der Waals surface area contributed by atoms with Crippen LogP contribution in [0.5, 0.6) is 0 Å². The fourth-order valence-electron chi connectivity index (χ4n) is 2.13. The third kappa shape index (κ3) is 2.64. The van der Waals surface area contributed by atoms with Crippen LogP contribution in [0.3, 0.4) is 0 Å². The fraction of sp³-hybridized carbons (Fsp3) is 0.636. The summed E-state index contributed by atoms with van der Waals surface area (Å²) in [5, 5.41) is 0. The fourth-order valence-corrected chi connectivity index (χ4v) is 2.76. The van der Waals surface area contributed by atoms with Gasteiger partial charge in [0.15, 0.2) is 0 Å². The Kier molecular flexibility index (Phi) is 3.30. The SMILES string of the molecule is O=C(Cc1cncs1)CC1CCCC1. The van der Waals surface area contributed by atoms with E-state index in [9.17, 15) is 4.79 Å². The van der Waals surface area contributed by atoms with Gasteiger partial charge in [-0.15, -0.1) is 11.3 Å². The van der Waals surface area contributed by atoms with Crippen LogP contribution in [0, 0.1) is 5.92 Å². The first-order valence-electron chi connectivity index (χ1n) is 5.23. The van der Waals surface area contributed by atoms with Crippen LogP contribution in [0.15, 0.2) is 11.7 Å². The molecule has 2 rings (SSSR count). The highest BCUT2D eigenvalue weighted by molar-refractivity contribution is 7.09. The number of aromatic nitrogens is 1. The Labute approximate surface area is 88.4 Å². The lowest BCUT2D eigenvalue weighted by molar-refractivity contribution is -0.119. The van der Waals surface area contributed by atoms with E-state index in [4.69, 9.17) is 0 Å². The van der Waals surface area contributed by atoms with Gasteiger partial charge in [0.2, 0.25) is 0 Å². The van der Waals surface area contributed by atoms with Crippen LogP contribution in [0.4, 0.5) is 0 Å². The monoisotopic (exact) mass is 209 g/mol. The zero-order valence-electron chi connectivity index (χ0n) is 8.24. The molecule has 0 radical (unpaired) electrons. The van der Waals surface area contributed by atoms with Crippen LogP contribution < -0.4 is 0 Å². The van der Waals surface area contributed by atoms with Crippen LogP contribution in [0.25, 0.3) is 0 Å². The van der Waals surface area contributed by atoms with Crippen molar-refractivity contribution >= 4 is 17.1 Å². The van der Waals surface area contributed by atoms with E-state index >= 15 is 0 Å². The van der Waals surface area contributed by atoms with Crippen molar-refractivity contribution in [1.82, 2.24) is 4.98 Å². The van der Waals surface area contributed by atoms with Crippen LogP contribution in [0.1, 0.15) is 37.0 Å². The Bertz CT molecular complexity index is 288. The Morgan fingerprint density at radius 3 is 2.93 bits per heavy atom. The summed E-state index contributed by atoms with van der Waals surface area (Å²) < 4.78 is 0. The Balaban J connectivity index is 1.78. The molecule has 2 nitrogen and oxygen atoms in total. The van der Waals surface area contributed by atoms with Gasteiger partial charge in [-0.05, 0) is 5.92 Å². The summed E-state index contributed by atoms with van der Waals surface area (Å²) in [7, 11) is 0. The highest BCUT2D eigenvalue weighted by Crippen LogP contribution is 2.28. The molecule has 1 aliphatic carbocycles. The minimum absolute atomic E-state index is 0.390. The number of hydrogen-bond acceptors (Lipinski definition) is 3. The van der Waals surface area contributed by atoms with Gasteiger partial charge >= 0.3 is 0 Å². The summed E-state index contributed by atoms with van der Waals surface area (Å²) in [6, 6.07) is 0. The number of carbonyl (C=O) groups excluding carboxylic acids is 1. The molecule has 1 aromatic heterocycles. The molecule has 1 heterocycles. The van der Waals surface area contributed by atoms with E-state index in [2.05, 4.69) is 4.98 Å². The van der Waals surface area contributed by atoms with Gasteiger partial charge in [0.05, 0.1) is 5.51 Å². The van der Waals surface area contributed by atoms with Crippen molar-refractivity contribution in [1.29, 1.82) is 0 Å². The maximum atomic E-state index is 11.6. The molecule has 76 valence electrons. The topological polar surface area (TPSA) is 30.0 Å². The van der Waals surface area contributed by atoms with Gasteiger partial charge in [-0.1, -0.05) is 25.7 Å². The van der Waals surface area contributed by atoms with Gasteiger partial charge < -0.3 is 0 Å². The van der Waals surface area contributed by atoms with Crippen LogP contribution in [-0.2, 0) is 11.2 Å². The van der Waals surface area contributed by atoms with Gasteiger partial charge in [-0.25, -0.2) is 0 Å². The van der Waals surface area contributed by atoms with Gasteiger partial charge in [-0.2, -0.15) is 0 Å². The number of thiazole rings is 1. The van der Waals surface area contributed by atoms with Crippen molar-refractivity contribution in [2.45, 2.75) is 38.5 Å². The van der Waals surface area contributed by atoms with Crippen LogP contribution >= 0.6 is 11.3 Å². The normalized spacial score (nSPS) is 17.4. The molecule has 0 unspecified atom stereocenters. The molecule has 0 bridgehead atoms. The minimum Gasteiger partial charge on any atom is -0.299 e. The zero-order chi connectivity index (χ0) is 9.80.